The van der Waals surface area contributed by atoms with Crippen molar-refractivity contribution in [3.8, 4) is 0 Å². The van der Waals surface area contributed by atoms with Gasteiger partial charge in [0.2, 0.25) is 11.8 Å². The highest BCUT2D eigenvalue weighted by molar-refractivity contribution is 9.10. The Morgan fingerprint density at radius 2 is 1.60 bits per heavy atom. The van der Waals surface area contributed by atoms with Crippen LogP contribution in [0, 0.1) is 5.92 Å². The summed E-state index contributed by atoms with van der Waals surface area (Å²) in [6, 6.07) is 15.3. The van der Waals surface area contributed by atoms with E-state index in [0.29, 0.717) is 0 Å². The first-order chi connectivity index (χ1) is 12.1. The van der Waals surface area contributed by atoms with E-state index in [-0.39, 0.29) is 17.7 Å². The molecule has 0 atom stereocenters. The van der Waals surface area contributed by atoms with Crippen molar-refractivity contribution in [2.24, 2.45) is 5.92 Å². The van der Waals surface area contributed by atoms with Gasteiger partial charge in [0.15, 0.2) is 0 Å². The van der Waals surface area contributed by atoms with Gasteiger partial charge >= 0.3 is 0 Å². The lowest BCUT2D eigenvalue weighted by Crippen LogP contribution is -2.27. The van der Waals surface area contributed by atoms with Gasteiger partial charge in [-0.1, -0.05) is 28.1 Å². The number of benzene rings is 2. The minimum absolute atomic E-state index is 0.0281. The van der Waals surface area contributed by atoms with E-state index in [2.05, 4.69) is 26.6 Å². The predicted molar refractivity (Wildman–Crippen MR) is 101 cm³/mol. The Bertz CT molecular complexity index is 824. The van der Waals surface area contributed by atoms with Gasteiger partial charge in [-0.05, 0) is 67.6 Å². The molecule has 5 heteroatoms. The van der Waals surface area contributed by atoms with E-state index in [4.69, 9.17) is 0 Å². The van der Waals surface area contributed by atoms with Crippen molar-refractivity contribution in [1.82, 2.24) is 0 Å². The van der Waals surface area contributed by atoms with Crippen LogP contribution in [0.25, 0.3) is 0 Å². The van der Waals surface area contributed by atoms with E-state index >= 15 is 0 Å². The molecule has 2 aromatic carbocycles. The molecule has 4 rings (SSSR count). The first-order valence-electron chi connectivity index (χ1n) is 8.55. The van der Waals surface area contributed by atoms with Crippen LogP contribution in [0.1, 0.15) is 31.2 Å². The third-order valence-electron chi connectivity index (χ3n) is 4.92. The first kappa shape index (κ1) is 16.3. The minimum Gasteiger partial charge on any atom is -0.326 e. The molecule has 0 spiro atoms. The summed E-state index contributed by atoms with van der Waals surface area (Å²) >= 11 is 3.47. The van der Waals surface area contributed by atoms with Gasteiger partial charge in [-0.2, -0.15) is 0 Å². The highest BCUT2D eigenvalue weighted by atomic mass is 79.9. The summed E-state index contributed by atoms with van der Waals surface area (Å²) in [4.78, 5) is 24.5. The summed E-state index contributed by atoms with van der Waals surface area (Å²) in [6.07, 6.45) is 3.70. The van der Waals surface area contributed by atoms with Crippen LogP contribution in [0.3, 0.4) is 0 Å². The zero-order valence-electron chi connectivity index (χ0n) is 13.7. The summed E-state index contributed by atoms with van der Waals surface area (Å²) in [5, 5.41) is 5.91. The lowest BCUT2D eigenvalue weighted by atomic mass is 9.95. The van der Waals surface area contributed by atoms with Crippen molar-refractivity contribution in [1.29, 1.82) is 0 Å². The number of halogens is 1. The molecule has 0 unspecified atom stereocenters. The summed E-state index contributed by atoms with van der Waals surface area (Å²) < 4.78 is 0.986. The number of hydrogen-bond donors (Lipinski definition) is 2. The zero-order valence-corrected chi connectivity index (χ0v) is 15.3. The highest BCUT2D eigenvalue weighted by Crippen LogP contribution is 2.49. The molecular formula is C20H19BrN2O2. The predicted octanol–water partition coefficient (Wildman–Crippen LogP) is 4.47. The Morgan fingerprint density at radius 3 is 2.16 bits per heavy atom. The standard InChI is InChI=1S/C20H19BrN2O2/c21-15-3-1-2-14(12-15)20(10-11-20)19(25)23-17-8-6-16(7-9-17)22-18(24)13-4-5-13/h1-3,6-9,12-13H,4-5,10-11H2,(H,22,24)(H,23,25). The molecule has 2 saturated carbocycles. The number of nitrogens with one attached hydrogen (secondary N) is 2. The van der Waals surface area contributed by atoms with E-state index in [1.807, 2.05) is 48.5 Å². The summed E-state index contributed by atoms with van der Waals surface area (Å²) in [7, 11) is 0. The number of carbonyl (C=O) groups excluding carboxylic acids is 2. The molecule has 0 aliphatic heterocycles. The third-order valence-corrected chi connectivity index (χ3v) is 5.41. The van der Waals surface area contributed by atoms with Crippen molar-refractivity contribution in [3.63, 3.8) is 0 Å². The minimum atomic E-state index is -0.414. The quantitative estimate of drug-likeness (QED) is 0.780. The van der Waals surface area contributed by atoms with Crippen LogP contribution in [0.4, 0.5) is 11.4 Å². The van der Waals surface area contributed by atoms with Crippen molar-refractivity contribution < 1.29 is 9.59 Å². The Labute approximate surface area is 155 Å². The molecule has 0 aromatic heterocycles. The molecule has 2 aliphatic carbocycles. The molecule has 2 aliphatic rings. The molecule has 128 valence electrons. The second kappa shape index (κ2) is 6.30. The van der Waals surface area contributed by atoms with Gasteiger partial charge in [-0.3, -0.25) is 9.59 Å². The van der Waals surface area contributed by atoms with Crippen LogP contribution >= 0.6 is 15.9 Å². The van der Waals surface area contributed by atoms with Gasteiger partial charge < -0.3 is 10.6 Å². The fourth-order valence-electron chi connectivity index (χ4n) is 3.04. The van der Waals surface area contributed by atoms with E-state index in [9.17, 15) is 9.59 Å². The smallest absolute Gasteiger partial charge is 0.235 e. The SMILES string of the molecule is O=C(Nc1ccc(NC(=O)C2(c3cccc(Br)c3)CC2)cc1)C1CC1. The number of rotatable bonds is 5. The van der Waals surface area contributed by atoms with Crippen LogP contribution < -0.4 is 10.6 Å². The normalized spacial score (nSPS) is 17.6. The number of carbonyl (C=O) groups is 2. The number of amides is 2. The van der Waals surface area contributed by atoms with Crippen molar-refractivity contribution in [2.45, 2.75) is 31.1 Å². The summed E-state index contributed by atoms with van der Waals surface area (Å²) in [5.74, 6) is 0.294. The molecule has 2 fully saturated rings. The maximum atomic E-state index is 12.8. The molecule has 0 saturated heterocycles. The van der Waals surface area contributed by atoms with Crippen LogP contribution in [-0.4, -0.2) is 11.8 Å². The van der Waals surface area contributed by atoms with Gasteiger partial charge in [0.05, 0.1) is 5.41 Å². The monoisotopic (exact) mass is 398 g/mol. The Balaban J connectivity index is 1.43. The molecule has 4 nitrogen and oxygen atoms in total. The van der Waals surface area contributed by atoms with Gasteiger partial charge in [0, 0.05) is 21.8 Å². The average molecular weight is 399 g/mol. The Kier molecular flexibility index (Phi) is 4.12. The van der Waals surface area contributed by atoms with Crippen molar-refractivity contribution in [2.75, 3.05) is 10.6 Å². The molecule has 2 aromatic rings. The largest absolute Gasteiger partial charge is 0.326 e. The fourth-order valence-corrected chi connectivity index (χ4v) is 3.43. The van der Waals surface area contributed by atoms with Gasteiger partial charge in [-0.15, -0.1) is 0 Å². The van der Waals surface area contributed by atoms with Gasteiger partial charge in [0.25, 0.3) is 0 Å². The maximum Gasteiger partial charge on any atom is 0.235 e. The average Bonchev–Trinajstić information content (AvgIpc) is 3.49. The van der Waals surface area contributed by atoms with Crippen molar-refractivity contribution in [3.05, 3.63) is 58.6 Å². The topological polar surface area (TPSA) is 58.2 Å². The number of anilines is 2. The second-order valence-electron chi connectivity index (χ2n) is 6.89. The molecular weight excluding hydrogens is 380 g/mol. The fraction of sp³-hybridized carbons (Fsp3) is 0.300. The Hall–Kier alpha value is -2.14. The van der Waals surface area contributed by atoms with Gasteiger partial charge in [0.1, 0.15) is 0 Å². The van der Waals surface area contributed by atoms with Gasteiger partial charge in [-0.25, -0.2) is 0 Å². The van der Waals surface area contributed by atoms with Crippen LogP contribution in [0.5, 0.6) is 0 Å². The zero-order chi connectivity index (χ0) is 17.4. The van der Waals surface area contributed by atoms with E-state index < -0.39 is 5.41 Å². The molecule has 25 heavy (non-hydrogen) atoms. The third kappa shape index (κ3) is 3.47. The number of hydrogen-bond acceptors (Lipinski definition) is 2. The summed E-state index contributed by atoms with van der Waals surface area (Å²) in [5.41, 5.74) is 2.15. The van der Waals surface area contributed by atoms with E-state index in [0.717, 1.165) is 47.1 Å². The summed E-state index contributed by atoms with van der Waals surface area (Å²) in [6.45, 7) is 0. The molecule has 2 N–H and O–H groups in total. The van der Waals surface area contributed by atoms with Crippen LogP contribution in [0.15, 0.2) is 53.0 Å². The highest BCUT2D eigenvalue weighted by Gasteiger charge is 2.51. The van der Waals surface area contributed by atoms with Crippen LogP contribution in [0.2, 0.25) is 0 Å². The molecule has 0 bridgehead atoms. The van der Waals surface area contributed by atoms with Crippen molar-refractivity contribution >= 4 is 39.1 Å². The molecule has 0 radical (unpaired) electrons. The lowest BCUT2D eigenvalue weighted by molar-refractivity contribution is -0.118. The molecule has 0 heterocycles. The van der Waals surface area contributed by atoms with E-state index in [1.165, 1.54) is 0 Å². The maximum absolute atomic E-state index is 12.8. The molecule has 2 amide bonds. The van der Waals surface area contributed by atoms with Crippen LogP contribution in [-0.2, 0) is 15.0 Å². The lowest BCUT2D eigenvalue weighted by Gasteiger charge is -2.16. The first-order valence-corrected chi connectivity index (χ1v) is 9.35. The van der Waals surface area contributed by atoms with E-state index in [1.54, 1.807) is 0 Å². The second-order valence-corrected chi connectivity index (χ2v) is 7.80. The Morgan fingerprint density at radius 1 is 0.960 bits per heavy atom.